The van der Waals surface area contributed by atoms with Crippen molar-refractivity contribution < 1.29 is 14.3 Å². The number of carbonyl (C=O) groups is 1. The Morgan fingerprint density at radius 1 is 0.912 bits per heavy atom. The summed E-state index contributed by atoms with van der Waals surface area (Å²) in [6.07, 6.45) is 13.8. The third-order valence-electron chi connectivity index (χ3n) is 8.46. The fourth-order valence-corrected chi connectivity index (χ4v) is 5.43. The third-order valence-corrected chi connectivity index (χ3v) is 8.46. The number of benzene rings is 1. The van der Waals surface area contributed by atoms with E-state index in [2.05, 4.69) is 48.5 Å². The van der Waals surface area contributed by atoms with Crippen LogP contribution in [0.25, 0.3) is 0 Å². The molecule has 1 heterocycles. The Labute approximate surface area is 210 Å². The van der Waals surface area contributed by atoms with E-state index in [1.807, 2.05) is 6.92 Å². The topological polar surface area (TPSA) is 35.5 Å². The maximum absolute atomic E-state index is 11.6. The smallest absolute Gasteiger partial charge is 0.308 e. The molecule has 34 heavy (non-hydrogen) atoms. The largest absolute Gasteiger partial charge is 0.487 e. The molecule has 0 fully saturated rings. The molecule has 2 rings (SSSR count). The van der Waals surface area contributed by atoms with Crippen molar-refractivity contribution in [2.75, 3.05) is 0 Å². The molecule has 0 amide bonds. The highest BCUT2D eigenvalue weighted by Crippen LogP contribution is 2.45. The normalized spacial score (nSPS) is 20.3. The second-order valence-corrected chi connectivity index (χ2v) is 11.8. The van der Waals surface area contributed by atoms with Crippen LogP contribution in [0.15, 0.2) is 0 Å². The first kappa shape index (κ1) is 28.7. The summed E-state index contributed by atoms with van der Waals surface area (Å²) in [5, 5.41) is 0. The van der Waals surface area contributed by atoms with Crippen LogP contribution in [0.5, 0.6) is 11.5 Å². The molecule has 194 valence electrons. The van der Waals surface area contributed by atoms with Crippen molar-refractivity contribution in [3.63, 3.8) is 0 Å². The van der Waals surface area contributed by atoms with Gasteiger partial charge in [0.1, 0.15) is 17.1 Å². The van der Waals surface area contributed by atoms with Gasteiger partial charge in [0.15, 0.2) is 0 Å². The second kappa shape index (κ2) is 13.0. The Hall–Kier alpha value is -1.51. The molecule has 0 N–H and O–H groups in total. The van der Waals surface area contributed by atoms with E-state index in [1.54, 1.807) is 0 Å². The number of esters is 1. The Balaban J connectivity index is 1.85. The van der Waals surface area contributed by atoms with Gasteiger partial charge in [-0.3, -0.25) is 4.79 Å². The van der Waals surface area contributed by atoms with E-state index in [4.69, 9.17) is 9.47 Å². The predicted octanol–water partition coefficient (Wildman–Crippen LogP) is 9.06. The molecule has 0 bridgehead atoms. The van der Waals surface area contributed by atoms with Crippen molar-refractivity contribution in [1.29, 1.82) is 0 Å². The molecule has 0 aliphatic carbocycles. The first-order valence-corrected chi connectivity index (χ1v) is 14.0. The van der Waals surface area contributed by atoms with E-state index < -0.39 is 0 Å². The standard InChI is InChI=1S/C31H52O3/c1-10-21(2)13-11-14-22(3)15-12-16-23(4)17-19-31(9)20-18-28-26(7)29(33-27(8)32)24(5)25(6)30(28)34-31/h21-23H,10-20H2,1-9H3/t21?,22-,23-,31-/m1/s1. The maximum atomic E-state index is 11.6. The molecule has 0 saturated carbocycles. The number of ether oxygens (including phenoxy) is 2. The lowest BCUT2D eigenvalue weighted by atomic mass is 9.83. The van der Waals surface area contributed by atoms with Gasteiger partial charge in [-0.1, -0.05) is 72.6 Å². The highest BCUT2D eigenvalue weighted by atomic mass is 16.5. The molecule has 0 radical (unpaired) electrons. The van der Waals surface area contributed by atoms with Gasteiger partial charge in [-0.15, -0.1) is 0 Å². The van der Waals surface area contributed by atoms with Gasteiger partial charge in [0.05, 0.1) is 0 Å². The van der Waals surface area contributed by atoms with Crippen LogP contribution in [-0.2, 0) is 11.2 Å². The van der Waals surface area contributed by atoms with Crippen LogP contribution in [0.2, 0.25) is 0 Å². The van der Waals surface area contributed by atoms with Gasteiger partial charge in [0.25, 0.3) is 0 Å². The van der Waals surface area contributed by atoms with E-state index >= 15 is 0 Å². The highest BCUT2D eigenvalue weighted by molar-refractivity contribution is 5.72. The molecule has 3 nitrogen and oxygen atoms in total. The molecule has 0 spiro atoms. The van der Waals surface area contributed by atoms with Crippen molar-refractivity contribution in [3.8, 4) is 11.5 Å². The van der Waals surface area contributed by atoms with Crippen LogP contribution >= 0.6 is 0 Å². The Bertz CT molecular complexity index is 812. The van der Waals surface area contributed by atoms with Crippen molar-refractivity contribution in [1.82, 2.24) is 0 Å². The lowest BCUT2D eigenvalue weighted by molar-refractivity contribution is -0.132. The van der Waals surface area contributed by atoms with Crippen LogP contribution in [0, 0.1) is 38.5 Å². The molecule has 1 aromatic rings. The summed E-state index contributed by atoms with van der Waals surface area (Å²) in [4.78, 5) is 11.6. The number of hydrogen-bond acceptors (Lipinski definition) is 3. The minimum Gasteiger partial charge on any atom is -0.487 e. The monoisotopic (exact) mass is 472 g/mol. The van der Waals surface area contributed by atoms with Gasteiger partial charge < -0.3 is 9.47 Å². The minimum absolute atomic E-state index is 0.114. The van der Waals surface area contributed by atoms with Gasteiger partial charge in [-0.05, 0) is 87.8 Å². The van der Waals surface area contributed by atoms with Gasteiger partial charge in [0, 0.05) is 12.5 Å². The zero-order valence-corrected chi connectivity index (χ0v) is 23.7. The second-order valence-electron chi connectivity index (χ2n) is 11.8. The Kier molecular flexibility index (Phi) is 11.0. The summed E-state index contributed by atoms with van der Waals surface area (Å²) in [6.45, 7) is 19.5. The number of hydrogen-bond donors (Lipinski definition) is 0. The van der Waals surface area contributed by atoms with Crippen LogP contribution in [0.1, 0.15) is 128 Å². The lowest BCUT2D eigenvalue weighted by Crippen LogP contribution is -2.37. The molecule has 1 aliphatic heterocycles. The average molecular weight is 473 g/mol. The van der Waals surface area contributed by atoms with Gasteiger partial charge in [-0.2, -0.15) is 0 Å². The fraction of sp³-hybridized carbons (Fsp3) is 0.774. The summed E-state index contributed by atoms with van der Waals surface area (Å²) in [6, 6.07) is 0. The van der Waals surface area contributed by atoms with E-state index in [-0.39, 0.29) is 11.6 Å². The third kappa shape index (κ3) is 8.02. The predicted molar refractivity (Wildman–Crippen MR) is 144 cm³/mol. The summed E-state index contributed by atoms with van der Waals surface area (Å²) in [5.74, 6) is 3.97. The molecule has 0 saturated heterocycles. The van der Waals surface area contributed by atoms with Crippen molar-refractivity contribution >= 4 is 5.97 Å². The quantitative estimate of drug-likeness (QED) is 0.212. The van der Waals surface area contributed by atoms with Crippen molar-refractivity contribution in [2.24, 2.45) is 17.8 Å². The van der Waals surface area contributed by atoms with Crippen LogP contribution in [0.4, 0.5) is 0 Å². The number of rotatable bonds is 13. The first-order chi connectivity index (χ1) is 16.0. The van der Waals surface area contributed by atoms with Crippen molar-refractivity contribution in [3.05, 3.63) is 22.3 Å². The average Bonchev–Trinajstić information content (AvgIpc) is 2.78. The zero-order chi connectivity index (χ0) is 25.5. The SMILES string of the molecule is CCC(C)CCC[C@@H](C)CCC[C@@H](C)CC[C@]1(C)CCc2c(C)c(OC(C)=O)c(C)c(C)c2O1. The summed E-state index contributed by atoms with van der Waals surface area (Å²) >= 11 is 0. The summed E-state index contributed by atoms with van der Waals surface area (Å²) < 4.78 is 12.2. The van der Waals surface area contributed by atoms with Gasteiger partial charge >= 0.3 is 5.97 Å². The van der Waals surface area contributed by atoms with Gasteiger partial charge in [-0.25, -0.2) is 0 Å². The molecule has 1 aliphatic rings. The van der Waals surface area contributed by atoms with Crippen molar-refractivity contribution in [2.45, 2.75) is 139 Å². The molecule has 4 atom stereocenters. The number of carbonyl (C=O) groups excluding carboxylic acids is 1. The molecule has 1 unspecified atom stereocenters. The molecule has 3 heteroatoms. The minimum atomic E-state index is -0.262. The van der Waals surface area contributed by atoms with E-state index in [9.17, 15) is 4.79 Å². The Morgan fingerprint density at radius 2 is 1.47 bits per heavy atom. The zero-order valence-electron chi connectivity index (χ0n) is 23.7. The van der Waals surface area contributed by atoms with Crippen LogP contribution in [0.3, 0.4) is 0 Å². The molecule has 0 aromatic heterocycles. The molecule has 1 aromatic carbocycles. The maximum Gasteiger partial charge on any atom is 0.308 e. The lowest BCUT2D eigenvalue weighted by Gasteiger charge is -2.38. The van der Waals surface area contributed by atoms with E-state index in [0.29, 0.717) is 0 Å². The van der Waals surface area contributed by atoms with E-state index in [0.717, 1.165) is 65.2 Å². The summed E-state index contributed by atoms with van der Waals surface area (Å²) in [7, 11) is 0. The fourth-order valence-electron chi connectivity index (χ4n) is 5.43. The molecular formula is C31H52O3. The first-order valence-electron chi connectivity index (χ1n) is 14.0. The van der Waals surface area contributed by atoms with Crippen LogP contribution in [-0.4, -0.2) is 11.6 Å². The highest BCUT2D eigenvalue weighted by Gasteiger charge is 2.35. The summed E-state index contributed by atoms with van der Waals surface area (Å²) in [5.41, 5.74) is 4.28. The van der Waals surface area contributed by atoms with Crippen LogP contribution < -0.4 is 9.47 Å². The van der Waals surface area contributed by atoms with Gasteiger partial charge in [0.2, 0.25) is 0 Å². The number of fused-ring (bicyclic) bond motifs is 1. The van der Waals surface area contributed by atoms with E-state index in [1.165, 1.54) is 63.9 Å². The Morgan fingerprint density at radius 3 is 2.03 bits per heavy atom. The molecular weight excluding hydrogens is 420 g/mol.